The van der Waals surface area contributed by atoms with E-state index >= 15 is 0 Å². The molecule has 3 aromatic rings. The number of carbonyl (C=O) groups excluding carboxylic acids is 2. The molecular formula is C25H24N2O5. The molecule has 1 heterocycles. The van der Waals surface area contributed by atoms with Crippen LogP contribution in [0.25, 0.3) is 0 Å². The van der Waals surface area contributed by atoms with Crippen molar-refractivity contribution in [2.45, 2.75) is 12.6 Å². The number of para-hydroxylation sites is 2. The van der Waals surface area contributed by atoms with Gasteiger partial charge in [0.25, 0.3) is 11.8 Å². The molecule has 1 aliphatic rings. The van der Waals surface area contributed by atoms with Crippen LogP contribution in [0.1, 0.15) is 15.9 Å². The fraction of sp³-hybridized carbons (Fsp3) is 0.200. The van der Waals surface area contributed by atoms with Gasteiger partial charge in [0.1, 0.15) is 5.75 Å². The molecule has 0 fully saturated rings. The number of anilines is 1. The van der Waals surface area contributed by atoms with Crippen molar-refractivity contribution in [3.63, 3.8) is 0 Å². The summed E-state index contributed by atoms with van der Waals surface area (Å²) < 4.78 is 16.5. The minimum atomic E-state index is -0.835. The van der Waals surface area contributed by atoms with Gasteiger partial charge in [-0.05, 0) is 35.9 Å². The summed E-state index contributed by atoms with van der Waals surface area (Å²) in [6.45, 7) is 0.468. The topological polar surface area (TPSA) is 77.1 Å². The van der Waals surface area contributed by atoms with E-state index in [0.29, 0.717) is 35.0 Å². The van der Waals surface area contributed by atoms with E-state index in [9.17, 15) is 9.59 Å². The molecule has 0 spiro atoms. The van der Waals surface area contributed by atoms with Crippen LogP contribution in [0.4, 0.5) is 5.69 Å². The van der Waals surface area contributed by atoms with E-state index in [1.165, 1.54) is 14.2 Å². The van der Waals surface area contributed by atoms with Crippen LogP contribution in [0.2, 0.25) is 0 Å². The molecule has 4 rings (SSSR count). The molecule has 1 aliphatic heterocycles. The molecular weight excluding hydrogens is 408 g/mol. The van der Waals surface area contributed by atoms with E-state index in [2.05, 4.69) is 5.32 Å². The van der Waals surface area contributed by atoms with E-state index in [1.54, 1.807) is 35.2 Å². The lowest BCUT2D eigenvalue weighted by molar-refractivity contribution is -0.127. The Hall–Kier alpha value is -4.00. The first-order valence-corrected chi connectivity index (χ1v) is 10.2. The highest BCUT2D eigenvalue weighted by atomic mass is 16.5. The molecule has 0 unspecified atom stereocenters. The smallest absolute Gasteiger partial charge is 0.263 e. The van der Waals surface area contributed by atoms with Crippen molar-refractivity contribution in [2.24, 2.45) is 0 Å². The summed E-state index contributed by atoms with van der Waals surface area (Å²) in [4.78, 5) is 27.8. The number of nitrogens with zero attached hydrogens (tertiary/aromatic N) is 1. The number of benzene rings is 3. The van der Waals surface area contributed by atoms with E-state index in [1.807, 2.05) is 42.5 Å². The zero-order valence-electron chi connectivity index (χ0n) is 17.9. The Balaban J connectivity index is 1.57. The molecule has 0 aliphatic carbocycles. The van der Waals surface area contributed by atoms with Crippen molar-refractivity contribution < 1.29 is 23.8 Å². The molecule has 2 amide bonds. The second kappa shape index (κ2) is 9.43. The summed E-state index contributed by atoms with van der Waals surface area (Å²) in [6, 6.07) is 21.8. The van der Waals surface area contributed by atoms with Crippen LogP contribution < -0.4 is 24.4 Å². The van der Waals surface area contributed by atoms with Crippen molar-refractivity contribution in [1.29, 1.82) is 0 Å². The highest BCUT2D eigenvalue weighted by molar-refractivity contribution is 6.08. The molecule has 0 radical (unpaired) electrons. The Morgan fingerprint density at radius 1 is 0.969 bits per heavy atom. The molecule has 0 aromatic heterocycles. The number of methoxy groups -OCH3 is 2. The summed E-state index contributed by atoms with van der Waals surface area (Å²) in [5.41, 5.74) is 2.01. The van der Waals surface area contributed by atoms with E-state index in [0.717, 1.165) is 5.56 Å². The van der Waals surface area contributed by atoms with Gasteiger partial charge in [0.2, 0.25) is 0 Å². The Morgan fingerprint density at radius 2 is 1.69 bits per heavy atom. The minimum absolute atomic E-state index is 0.0881. The van der Waals surface area contributed by atoms with Gasteiger partial charge in [-0.1, -0.05) is 42.5 Å². The number of carbonyl (C=O) groups is 2. The third-order valence-corrected chi connectivity index (χ3v) is 5.25. The molecule has 1 atom stereocenters. The second-order valence-corrected chi connectivity index (χ2v) is 7.26. The first-order valence-electron chi connectivity index (χ1n) is 10.2. The fourth-order valence-corrected chi connectivity index (χ4v) is 3.59. The number of amides is 2. The third kappa shape index (κ3) is 4.37. The number of fused-ring (bicyclic) bond motifs is 1. The zero-order chi connectivity index (χ0) is 22.5. The molecule has 1 N–H and O–H groups in total. The van der Waals surface area contributed by atoms with Gasteiger partial charge in [-0.25, -0.2) is 0 Å². The first kappa shape index (κ1) is 21.2. The predicted molar refractivity (Wildman–Crippen MR) is 120 cm³/mol. The Labute approximate surface area is 186 Å². The first-order chi connectivity index (χ1) is 15.6. The molecule has 0 saturated heterocycles. The maximum Gasteiger partial charge on any atom is 0.263 e. The summed E-state index contributed by atoms with van der Waals surface area (Å²) in [5.74, 6) is 0.921. The molecule has 3 aromatic carbocycles. The Kier molecular flexibility index (Phi) is 6.26. The molecule has 164 valence electrons. The third-order valence-electron chi connectivity index (χ3n) is 5.25. The lowest BCUT2D eigenvalue weighted by Gasteiger charge is -2.34. The van der Waals surface area contributed by atoms with Crippen molar-refractivity contribution in [3.05, 3.63) is 83.9 Å². The predicted octanol–water partition coefficient (Wildman–Crippen LogP) is 3.43. The van der Waals surface area contributed by atoms with Crippen LogP contribution in [-0.4, -0.2) is 38.7 Å². The lowest BCUT2D eigenvalue weighted by Crippen LogP contribution is -2.50. The number of hydrogen-bond donors (Lipinski definition) is 1. The van der Waals surface area contributed by atoms with Crippen molar-refractivity contribution in [2.75, 3.05) is 25.7 Å². The van der Waals surface area contributed by atoms with Gasteiger partial charge in [-0.15, -0.1) is 0 Å². The second-order valence-electron chi connectivity index (χ2n) is 7.26. The number of hydrogen-bond acceptors (Lipinski definition) is 5. The van der Waals surface area contributed by atoms with Crippen LogP contribution in [0.5, 0.6) is 17.2 Å². The average molecular weight is 432 g/mol. The van der Waals surface area contributed by atoms with Gasteiger partial charge in [0, 0.05) is 12.1 Å². The van der Waals surface area contributed by atoms with E-state index < -0.39 is 6.10 Å². The molecule has 32 heavy (non-hydrogen) atoms. The summed E-state index contributed by atoms with van der Waals surface area (Å²) in [5, 5.41) is 2.89. The quantitative estimate of drug-likeness (QED) is 0.646. The van der Waals surface area contributed by atoms with E-state index in [-0.39, 0.29) is 18.4 Å². The number of ether oxygens (including phenoxy) is 3. The minimum Gasteiger partial charge on any atom is -0.493 e. The van der Waals surface area contributed by atoms with Crippen molar-refractivity contribution in [3.8, 4) is 17.2 Å². The normalized spacial score (nSPS) is 14.7. The zero-order valence-corrected chi connectivity index (χ0v) is 17.9. The number of nitrogens with one attached hydrogen (secondary N) is 1. The highest BCUT2D eigenvalue weighted by Gasteiger charge is 2.34. The lowest BCUT2D eigenvalue weighted by atomic mass is 10.1. The maximum absolute atomic E-state index is 13.4. The van der Waals surface area contributed by atoms with Gasteiger partial charge >= 0.3 is 0 Å². The summed E-state index contributed by atoms with van der Waals surface area (Å²) >= 11 is 0. The number of rotatable bonds is 6. The average Bonchev–Trinajstić information content (AvgIpc) is 2.86. The van der Waals surface area contributed by atoms with Crippen LogP contribution in [-0.2, 0) is 11.3 Å². The van der Waals surface area contributed by atoms with Crippen molar-refractivity contribution >= 4 is 17.5 Å². The summed E-state index contributed by atoms with van der Waals surface area (Å²) in [7, 11) is 3.06. The molecule has 7 nitrogen and oxygen atoms in total. The maximum atomic E-state index is 13.4. The van der Waals surface area contributed by atoms with Crippen LogP contribution in [0, 0.1) is 0 Å². The van der Waals surface area contributed by atoms with Gasteiger partial charge in [0.15, 0.2) is 17.6 Å². The fourth-order valence-electron chi connectivity index (χ4n) is 3.59. The largest absolute Gasteiger partial charge is 0.493 e. The molecule has 0 saturated carbocycles. The van der Waals surface area contributed by atoms with Crippen LogP contribution in [0.3, 0.4) is 0 Å². The van der Waals surface area contributed by atoms with Gasteiger partial charge < -0.3 is 24.4 Å². The highest BCUT2D eigenvalue weighted by Crippen LogP contribution is 2.35. The SMILES string of the molecule is COc1ccc(C(=O)N2C[C@H](C(=O)NCc3ccccc3)Oc3ccccc32)cc1OC. The monoisotopic (exact) mass is 432 g/mol. The van der Waals surface area contributed by atoms with Gasteiger partial charge in [-0.3, -0.25) is 9.59 Å². The molecule has 7 heteroatoms. The Morgan fingerprint density at radius 3 is 2.44 bits per heavy atom. The Bertz CT molecular complexity index is 1120. The van der Waals surface area contributed by atoms with Crippen LogP contribution in [0.15, 0.2) is 72.8 Å². The van der Waals surface area contributed by atoms with Crippen molar-refractivity contribution in [1.82, 2.24) is 5.32 Å². The van der Waals surface area contributed by atoms with Gasteiger partial charge in [-0.2, -0.15) is 0 Å². The van der Waals surface area contributed by atoms with E-state index in [4.69, 9.17) is 14.2 Å². The standard InChI is InChI=1S/C25H24N2O5/c1-30-21-13-12-18(14-22(21)31-2)25(29)27-16-23(32-20-11-7-6-10-19(20)27)24(28)26-15-17-8-4-3-5-9-17/h3-14,23H,15-16H2,1-2H3,(H,26,28)/t23-/m1/s1. The van der Waals surface area contributed by atoms with Gasteiger partial charge in [0.05, 0.1) is 26.5 Å². The molecule has 0 bridgehead atoms. The summed E-state index contributed by atoms with van der Waals surface area (Å²) in [6.07, 6.45) is -0.835. The van der Waals surface area contributed by atoms with Crippen LogP contribution >= 0.6 is 0 Å².